The van der Waals surface area contributed by atoms with Gasteiger partial charge in [-0.25, -0.2) is 19.2 Å². The molecule has 6 aromatic rings. The van der Waals surface area contributed by atoms with Crippen molar-refractivity contribution < 1.29 is 47.6 Å². The molecule has 0 aromatic heterocycles. The van der Waals surface area contributed by atoms with Gasteiger partial charge in [-0.2, -0.15) is 0 Å². The van der Waals surface area contributed by atoms with Crippen molar-refractivity contribution in [1.29, 1.82) is 0 Å². The van der Waals surface area contributed by atoms with E-state index in [1.807, 2.05) is 6.08 Å². The van der Waals surface area contributed by atoms with Crippen molar-refractivity contribution in [3.05, 3.63) is 168 Å². The van der Waals surface area contributed by atoms with Gasteiger partial charge in [-0.15, -0.1) is 6.58 Å². The fraction of sp³-hybridized carbons (Fsp3) is 0.322. The number of esters is 4. The van der Waals surface area contributed by atoms with E-state index in [2.05, 4.69) is 13.5 Å². The van der Waals surface area contributed by atoms with Gasteiger partial charge in [0.15, 0.2) is 0 Å². The molecule has 0 atom stereocenters. The summed E-state index contributed by atoms with van der Waals surface area (Å²) < 4.78 is 34.1. The van der Waals surface area contributed by atoms with Crippen LogP contribution in [0.2, 0.25) is 0 Å². The molecule has 0 radical (unpaired) electrons. The van der Waals surface area contributed by atoms with Crippen LogP contribution >= 0.6 is 0 Å². The molecule has 0 aliphatic heterocycles. The van der Waals surface area contributed by atoms with E-state index >= 15 is 0 Å². The maximum Gasteiger partial charge on any atom is 0.343 e. The number of carbonyl (C=O) groups is 4. The summed E-state index contributed by atoms with van der Waals surface area (Å²) in [6.07, 6.45) is 21.2. The molecule has 0 amide bonds. The zero-order chi connectivity index (χ0) is 48.5. The predicted octanol–water partition coefficient (Wildman–Crippen LogP) is 14.9. The molecule has 0 unspecified atom stereocenters. The van der Waals surface area contributed by atoms with Crippen molar-refractivity contribution in [3.8, 4) is 34.5 Å². The zero-order valence-electron chi connectivity index (χ0n) is 39.8. The Morgan fingerprint density at radius 2 is 0.667 bits per heavy atom. The number of ether oxygens (including phenoxy) is 6. The SMILES string of the molecule is C=CCCCCCCCCCOc1ccc(C(=O)Oc2ccc(C(=O)Oc3ccc4ccc(OC(=O)c5ccc(OC(=O)c6ccc(OCCCCCCCCCC)cc6)cc5)cc4c3)cc2)cc1. The lowest BCUT2D eigenvalue weighted by atomic mass is 10.1. The van der Waals surface area contributed by atoms with Gasteiger partial charge in [0.1, 0.15) is 34.5 Å². The average molecular weight is 933 g/mol. The van der Waals surface area contributed by atoms with E-state index in [0.29, 0.717) is 41.2 Å². The van der Waals surface area contributed by atoms with Gasteiger partial charge in [-0.1, -0.05) is 102 Å². The molecule has 69 heavy (non-hydrogen) atoms. The summed E-state index contributed by atoms with van der Waals surface area (Å²) in [5.74, 6) is 0.253. The Bertz CT molecular complexity index is 2550. The minimum Gasteiger partial charge on any atom is -0.494 e. The van der Waals surface area contributed by atoms with Gasteiger partial charge >= 0.3 is 23.9 Å². The predicted molar refractivity (Wildman–Crippen MR) is 270 cm³/mol. The second kappa shape index (κ2) is 28.2. The lowest BCUT2D eigenvalue weighted by Crippen LogP contribution is -2.10. The number of unbranched alkanes of at least 4 members (excludes halogenated alkanes) is 14. The van der Waals surface area contributed by atoms with E-state index in [-0.39, 0.29) is 34.1 Å². The third kappa shape index (κ3) is 17.4. The van der Waals surface area contributed by atoms with E-state index in [0.717, 1.165) is 37.5 Å². The van der Waals surface area contributed by atoms with E-state index in [9.17, 15) is 19.2 Å². The molecule has 6 rings (SSSR count). The normalized spacial score (nSPS) is 10.9. The van der Waals surface area contributed by atoms with Crippen LogP contribution in [-0.4, -0.2) is 37.1 Å². The van der Waals surface area contributed by atoms with Crippen LogP contribution in [0.1, 0.15) is 151 Å². The molecule has 0 spiro atoms. The Labute approximate surface area is 406 Å². The average Bonchev–Trinajstić information content (AvgIpc) is 3.37. The number of fused-ring (bicyclic) bond motifs is 1. The van der Waals surface area contributed by atoms with Gasteiger partial charge in [-0.05, 0) is 158 Å². The first-order valence-electron chi connectivity index (χ1n) is 24.5. The largest absolute Gasteiger partial charge is 0.494 e. The third-order valence-electron chi connectivity index (χ3n) is 11.6. The molecule has 0 fully saturated rings. The van der Waals surface area contributed by atoms with Gasteiger partial charge in [0, 0.05) is 0 Å². The highest BCUT2D eigenvalue weighted by Gasteiger charge is 2.15. The molecule has 0 N–H and O–H groups in total. The van der Waals surface area contributed by atoms with Crippen LogP contribution in [0.5, 0.6) is 34.5 Å². The van der Waals surface area contributed by atoms with Gasteiger partial charge in [0.2, 0.25) is 0 Å². The molecule has 0 saturated heterocycles. The lowest BCUT2D eigenvalue weighted by molar-refractivity contribution is 0.0720. The summed E-state index contributed by atoms with van der Waals surface area (Å²) in [5, 5.41) is 1.51. The van der Waals surface area contributed by atoms with Crippen LogP contribution in [0.25, 0.3) is 10.8 Å². The van der Waals surface area contributed by atoms with Crippen LogP contribution < -0.4 is 28.4 Å². The first-order valence-corrected chi connectivity index (χ1v) is 24.5. The van der Waals surface area contributed by atoms with E-state index in [1.54, 1.807) is 84.9 Å². The molecule has 0 saturated carbocycles. The smallest absolute Gasteiger partial charge is 0.343 e. The topological polar surface area (TPSA) is 124 Å². The molecular formula is C59H64O10. The minimum absolute atomic E-state index is 0.256. The summed E-state index contributed by atoms with van der Waals surface area (Å²) in [5.41, 5.74) is 1.27. The molecular weight excluding hydrogens is 869 g/mol. The number of hydrogen-bond donors (Lipinski definition) is 0. The minimum atomic E-state index is -0.606. The molecule has 10 nitrogen and oxygen atoms in total. The Kier molecular flexibility index (Phi) is 20.9. The number of benzene rings is 6. The fourth-order valence-electron chi connectivity index (χ4n) is 7.58. The fourth-order valence-corrected chi connectivity index (χ4v) is 7.58. The van der Waals surface area contributed by atoms with Crippen LogP contribution in [0.4, 0.5) is 0 Å². The van der Waals surface area contributed by atoms with E-state index in [4.69, 9.17) is 28.4 Å². The van der Waals surface area contributed by atoms with Gasteiger partial charge < -0.3 is 28.4 Å². The second-order valence-electron chi connectivity index (χ2n) is 17.1. The van der Waals surface area contributed by atoms with Crippen LogP contribution in [0.15, 0.2) is 146 Å². The standard InChI is InChI=1S/C59H64O10/c1-3-5-7-9-11-13-15-17-19-41-65-51-32-24-46(25-33-51)57(61)67-53-36-28-48(29-37-53)59(63)69-55-39-21-44-20-38-54(42-49(44)43-55)68-58(62)47-26-34-52(35-27-47)66-56(60)45-22-30-50(31-23-45)64-40-18-16-14-12-10-8-6-4-2/h3,20-39,42-43H,1,4-19,40-41H2,2H3. The van der Waals surface area contributed by atoms with Crippen LogP contribution in [0.3, 0.4) is 0 Å². The summed E-state index contributed by atoms with van der Waals surface area (Å²) in [4.78, 5) is 51.8. The molecule has 0 bridgehead atoms. The Morgan fingerprint density at radius 3 is 1.03 bits per heavy atom. The third-order valence-corrected chi connectivity index (χ3v) is 11.6. The summed E-state index contributed by atoms with van der Waals surface area (Å²) in [7, 11) is 0. The molecule has 0 aliphatic carbocycles. The highest BCUT2D eigenvalue weighted by atomic mass is 16.5. The van der Waals surface area contributed by atoms with Crippen LogP contribution in [-0.2, 0) is 0 Å². The molecule has 0 aliphatic rings. The Morgan fingerprint density at radius 1 is 0.362 bits per heavy atom. The maximum absolute atomic E-state index is 13.1. The summed E-state index contributed by atoms with van der Waals surface area (Å²) >= 11 is 0. The van der Waals surface area contributed by atoms with Crippen molar-refractivity contribution in [1.82, 2.24) is 0 Å². The van der Waals surface area contributed by atoms with Crippen LogP contribution in [0, 0.1) is 0 Å². The zero-order valence-corrected chi connectivity index (χ0v) is 39.8. The Hall–Kier alpha value is -7.20. The monoisotopic (exact) mass is 932 g/mol. The maximum atomic E-state index is 13.1. The highest BCUT2D eigenvalue weighted by molar-refractivity contribution is 5.95. The number of carbonyl (C=O) groups excluding carboxylic acids is 4. The molecule has 360 valence electrons. The summed E-state index contributed by atoms with van der Waals surface area (Å²) in [6, 6.07) is 36.2. The van der Waals surface area contributed by atoms with Crippen molar-refractivity contribution >= 4 is 34.6 Å². The molecule has 0 heterocycles. The van der Waals surface area contributed by atoms with Gasteiger partial charge in [0.05, 0.1) is 35.5 Å². The Balaban J connectivity index is 0.910. The van der Waals surface area contributed by atoms with E-state index in [1.165, 1.54) is 119 Å². The molecule has 6 aromatic carbocycles. The first-order chi connectivity index (χ1) is 33.8. The van der Waals surface area contributed by atoms with Gasteiger partial charge in [0.25, 0.3) is 0 Å². The first kappa shape index (κ1) is 51.2. The van der Waals surface area contributed by atoms with E-state index < -0.39 is 23.9 Å². The van der Waals surface area contributed by atoms with Gasteiger partial charge in [-0.3, -0.25) is 0 Å². The number of allylic oxidation sites excluding steroid dienone is 1. The highest BCUT2D eigenvalue weighted by Crippen LogP contribution is 2.27. The van der Waals surface area contributed by atoms with Crippen molar-refractivity contribution in [2.24, 2.45) is 0 Å². The second-order valence-corrected chi connectivity index (χ2v) is 17.1. The van der Waals surface area contributed by atoms with Crippen molar-refractivity contribution in [3.63, 3.8) is 0 Å². The molecule has 10 heteroatoms. The number of rotatable bonds is 29. The quantitative estimate of drug-likeness (QED) is 0.0194. The number of hydrogen-bond acceptors (Lipinski definition) is 10. The van der Waals surface area contributed by atoms with Crippen molar-refractivity contribution in [2.75, 3.05) is 13.2 Å². The summed E-state index contributed by atoms with van der Waals surface area (Å²) in [6.45, 7) is 7.26. The van der Waals surface area contributed by atoms with Crippen molar-refractivity contribution in [2.45, 2.75) is 110 Å². The lowest BCUT2D eigenvalue weighted by Gasteiger charge is -2.10.